The Kier molecular flexibility index (Phi) is 6.31. The average molecular weight is 474 g/mol. The fourth-order valence-electron chi connectivity index (χ4n) is 2.77. The minimum Gasteiger partial charge on any atom is -0.396 e. The normalized spacial score (nSPS) is 13.1. The Hall–Kier alpha value is -3.68. The van der Waals surface area contributed by atoms with Gasteiger partial charge in [0.15, 0.2) is 6.10 Å². The number of aliphatic hydroxyl groups excluding tert-OH is 1. The van der Waals surface area contributed by atoms with Crippen molar-refractivity contribution in [2.75, 3.05) is 12.3 Å². The maximum absolute atomic E-state index is 12.8. The number of aryl methyl sites for hydroxylation is 1. The standard InChI is InChI=1S/C19H16F6N6O2/c1-31-8-10(6-29-31)16-15(26)11(17(33)28-7-14(32)19(23,24)25)4-12(30-16)9-2-3-13(27-5-9)18(20,21)22/h2-6,8,14,32H,7,26H2,1H3,(H,28,33)/t14-/m0/s1. The number of aliphatic hydroxyl groups is 1. The fraction of sp³-hybridized carbons (Fsp3) is 0.263. The molecule has 0 aliphatic carbocycles. The van der Waals surface area contributed by atoms with E-state index in [9.17, 15) is 31.1 Å². The van der Waals surface area contributed by atoms with Gasteiger partial charge >= 0.3 is 12.4 Å². The first-order valence-corrected chi connectivity index (χ1v) is 9.13. The highest BCUT2D eigenvalue weighted by atomic mass is 19.4. The van der Waals surface area contributed by atoms with Crippen molar-refractivity contribution in [1.29, 1.82) is 0 Å². The second-order valence-electron chi connectivity index (χ2n) is 6.92. The van der Waals surface area contributed by atoms with Gasteiger partial charge in [0.1, 0.15) is 5.69 Å². The molecule has 4 N–H and O–H groups in total. The van der Waals surface area contributed by atoms with E-state index in [0.717, 1.165) is 24.4 Å². The van der Waals surface area contributed by atoms with Crippen molar-refractivity contribution in [3.8, 4) is 22.5 Å². The number of hydrogen-bond donors (Lipinski definition) is 3. The number of halogens is 6. The van der Waals surface area contributed by atoms with Crippen molar-refractivity contribution in [2.24, 2.45) is 7.05 Å². The maximum atomic E-state index is 12.8. The Labute approximate surface area is 182 Å². The lowest BCUT2D eigenvalue weighted by atomic mass is 10.0. The molecule has 3 aromatic heterocycles. The number of carbonyl (C=O) groups is 1. The molecule has 33 heavy (non-hydrogen) atoms. The van der Waals surface area contributed by atoms with Crippen molar-refractivity contribution in [1.82, 2.24) is 25.1 Å². The summed E-state index contributed by atoms with van der Waals surface area (Å²) in [7, 11) is 1.59. The summed E-state index contributed by atoms with van der Waals surface area (Å²) in [6.45, 7) is -1.14. The molecule has 3 rings (SSSR count). The number of amides is 1. The number of nitrogens with two attached hydrogens (primary N) is 1. The third kappa shape index (κ3) is 5.39. The lowest BCUT2D eigenvalue weighted by Crippen LogP contribution is -2.40. The van der Waals surface area contributed by atoms with Gasteiger partial charge in [0.25, 0.3) is 5.91 Å². The average Bonchev–Trinajstić information content (AvgIpc) is 3.16. The second-order valence-corrected chi connectivity index (χ2v) is 6.92. The number of carbonyl (C=O) groups excluding carboxylic acids is 1. The van der Waals surface area contributed by atoms with Crippen LogP contribution in [0, 0.1) is 0 Å². The van der Waals surface area contributed by atoms with E-state index in [1.807, 2.05) is 5.32 Å². The van der Waals surface area contributed by atoms with Crippen LogP contribution in [-0.4, -0.2) is 49.6 Å². The van der Waals surface area contributed by atoms with Crippen LogP contribution in [0.25, 0.3) is 22.5 Å². The zero-order valence-corrected chi connectivity index (χ0v) is 16.7. The van der Waals surface area contributed by atoms with Gasteiger partial charge in [0.05, 0.1) is 35.4 Å². The van der Waals surface area contributed by atoms with E-state index in [0.29, 0.717) is 5.56 Å². The zero-order valence-electron chi connectivity index (χ0n) is 16.7. The molecule has 0 aromatic carbocycles. The molecule has 14 heteroatoms. The molecule has 3 aromatic rings. The van der Waals surface area contributed by atoms with Crippen LogP contribution >= 0.6 is 0 Å². The van der Waals surface area contributed by atoms with E-state index in [1.54, 1.807) is 7.05 Å². The number of rotatable bonds is 5. The summed E-state index contributed by atoms with van der Waals surface area (Å²) in [5.74, 6) is -1.05. The maximum Gasteiger partial charge on any atom is 0.433 e. The first-order chi connectivity index (χ1) is 15.3. The summed E-state index contributed by atoms with van der Waals surface area (Å²) in [5, 5.41) is 15.0. The van der Waals surface area contributed by atoms with Crippen LogP contribution < -0.4 is 11.1 Å². The minimum absolute atomic E-state index is 0.00852. The molecule has 176 valence electrons. The molecule has 0 spiro atoms. The number of anilines is 1. The molecule has 1 amide bonds. The summed E-state index contributed by atoms with van der Waals surface area (Å²) >= 11 is 0. The molecule has 0 radical (unpaired) electrons. The van der Waals surface area contributed by atoms with Crippen molar-refractivity contribution in [3.63, 3.8) is 0 Å². The molecule has 0 saturated heterocycles. The number of nitrogens with zero attached hydrogens (tertiary/aromatic N) is 4. The molecule has 0 aliphatic heterocycles. The van der Waals surface area contributed by atoms with Crippen LogP contribution in [-0.2, 0) is 13.2 Å². The van der Waals surface area contributed by atoms with E-state index in [1.165, 1.54) is 17.1 Å². The van der Waals surface area contributed by atoms with Gasteiger partial charge in [-0.15, -0.1) is 0 Å². The van der Waals surface area contributed by atoms with Gasteiger partial charge in [0, 0.05) is 30.6 Å². The number of hydrogen-bond acceptors (Lipinski definition) is 6. The summed E-state index contributed by atoms with van der Waals surface area (Å²) in [6, 6.07) is 2.90. The second kappa shape index (κ2) is 8.69. The SMILES string of the molecule is Cn1cc(-c2nc(-c3ccc(C(F)(F)F)nc3)cc(C(=O)NC[C@H](O)C(F)(F)F)c2N)cn1. The lowest BCUT2D eigenvalue weighted by molar-refractivity contribution is -0.201. The van der Waals surface area contributed by atoms with E-state index in [2.05, 4.69) is 15.1 Å². The molecular formula is C19H16F6N6O2. The van der Waals surface area contributed by atoms with Crippen LogP contribution in [0.15, 0.2) is 36.8 Å². The van der Waals surface area contributed by atoms with E-state index in [-0.39, 0.29) is 28.2 Å². The van der Waals surface area contributed by atoms with E-state index >= 15 is 0 Å². The number of nitrogens with one attached hydrogen (secondary N) is 1. The number of pyridine rings is 2. The Morgan fingerprint density at radius 2 is 1.88 bits per heavy atom. The Balaban J connectivity index is 2.04. The third-order valence-corrected chi connectivity index (χ3v) is 4.47. The van der Waals surface area contributed by atoms with Gasteiger partial charge < -0.3 is 16.2 Å². The molecule has 1 atom stereocenters. The van der Waals surface area contributed by atoms with Gasteiger partial charge in [-0.1, -0.05) is 0 Å². The number of aromatic nitrogens is 4. The highest BCUT2D eigenvalue weighted by Gasteiger charge is 2.38. The monoisotopic (exact) mass is 474 g/mol. The zero-order chi connectivity index (χ0) is 24.6. The van der Waals surface area contributed by atoms with Gasteiger partial charge in [0.2, 0.25) is 0 Å². The van der Waals surface area contributed by atoms with Gasteiger partial charge in [-0.2, -0.15) is 31.4 Å². The molecule has 0 saturated carbocycles. The van der Waals surface area contributed by atoms with E-state index < -0.39 is 36.6 Å². The molecule has 8 nitrogen and oxygen atoms in total. The van der Waals surface area contributed by atoms with Crippen LogP contribution in [0.4, 0.5) is 32.0 Å². The fourth-order valence-corrected chi connectivity index (χ4v) is 2.77. The smallest absolute Gasteiger partial charge is 0.396 e. The highest BCUT2D eigenvalue weighted by molar-refractivity contribution is 6.03. The molecule has 0 aliphatic rings. The predicted molar refractivity (Wildman–Crippen MR) is 103 cm³/mol. The molecular weight excluding hydrogens is 458 g/mol. The first kappa shape index (κ1) is 24.0. The van der Waals surface area contributed by atoms with Crippen LogP contribution in [0.5, 0.6) is 0 Å². The van der Waals surface area contributed by atoms with Gasteiger partial charge in [-0.3, -0.25) is 14.5 Å². The molecule has 0 unspecified atom stereocenters. The highest BCUT2D eigenvalue weighted by Crippen LogP contribution is 2.32. The largest absolute Gasteiger partial charge is 0.433 e. The minimum atomic E-state index is -4.95. The van der Waals surface area contributed by atoms with Gasteiger partial charge in [-0.25, -0.2) is 4.98 Å². The van der Waals surface area contributed by atoms with Crippen LogP contribution in [0.3, 0.4) is 0 Å². The third-order valence-electron chi connectivity index (χ3n) is 4.47. The molecule has 3 heterocycles. The van der Waals surface area contributed by atoms with Crippen LogP contribution in [0.2, 0.25) is 0 Å². The van der Waals surface area contributed by atoms with Crippen molar-refractivity contribution >= 4 is 11.6 Å². The Bertz CT molecular complexity index is 1160. The van der Waals surface area contributed by atoms with Crippen molar-refractivity contribution < 1.29 is 36.2 Å². The summed E-state index contributed by atoms with van der Waals surface area (Å²) in [6.07, 6.45) is -8.66. The summed E-state index contributed by atoms with van der Waals surface area (Å²) < 4.78 is 77.4. The first-order valence-electron chi connectivity index (χ1n) is 9.13. The van der Waals surface area contributed by atoms with Crippen LogP contribution in [0.1, 0.15) is 16.1 Å². The van der Waals surface area contributed by atoms with Crippen molar-refractivity contribution in [3.05, 3.63) is 48.0 Å². The van der Waals surface area contributed by atoms with Gasteiger partial charge in [-0.05, 0) is 18.2 Å². The van der Waals surface area contributed by atoms with E-state index in [4.69, 9.17) is 10.8 Å². The Morgan fingerprint density at radius 3 is 2.39 bits per heavy atom. The molecule has 0 bridgehead atoms. The quantitative estimate of drug-likeness (QED) is 0.490. The lowest BCUT2D eigenvalue weighted by Gasteiger charge is -2.17. The topological polar surface area (TPSA) is 119 Å². The summed E-state index contributed by atoms with van der Waals surface area (Å²) in [5.41, 5.74) is 4.85. The predicted octanol–water partition coefficient (Wildman–Crippen LogP) is 2.80. The number of alkyl halides is 6. The summed E-state index contributed by atoms with van der Waals surface area (Å²) in [4.78, 5) is 20.2. The van der Waals surface area contributed by atoms with Crippen molar-refractivity contribution in [2.45, 2.75) is 18.5 Å². The number of nitrogen functional groups attached to an aromatic ring is 1. The Morgan fingerprint density at radius 1 is 1.18 bits per heavy atom. The molecule has 0 fully saturated rings.